The molecule has 0 spiro atoms. The van der Waals surface area contributed by atoms with Gasteiger partial charge in [-0.25, -0.2) is 8.42 Å². The molecule has 2 rings (SSSR count). The van der Waals surface area contributed by atoms with Crippen LogP contribution in [0.3, 0.4) is 0 Å². The third-order valence-electron chi connectivity index (χ3n) is 4.39. The Morgan fingerprint density at radius 1 is 1.15 bits per heavy atom. The van der Waals surface area contributed by atoms with Crippen molar-refractivity contribution in [1.29, 1.82) is 0 Å². The number of hydrogen-bond donors (Lipinski definition) is 1. The second-order valence-electron chi connectivity index (χ2n) is 6.78. The summed E-state index contributed by atoms with van der Waals surface area (Å²) in [5.74, 6) is 0.816. The van der Waals surface area contributed by atoms with Gasteiger partial charge < -0.3 is 5.32 Å². The van der Waals surface area contributed by atoms with Gasteiger partial charge in [-0.1, -0.05) is 26.7 Å². The van der Waals surface area contributed by atoms with Gasteiger partial charge in [0.1, 0.15) is 0 Å². The molecule has 0 bridgehead atoms. The van der Waals surface area contributed by atoms with E-state index in [1.807, 2.05) is 4.31 Å². The Morgan fingerprint density at radius 3 is 2.35 bits per heavy atom. The largest absolute Gasteiger partial charge is 0.313 e. The van der Waals surface area contributed by atoms with E-state index in [-0.39, 0.29) is 11.8 Å². The van der Waals surface area contributed by atoms with Crippen molar-refractivity contribution in [1.82, 2.24) is 9.62 Å². The Morgan fingerprint density at radius 2 is 1.80 bits per heavy atom. The number of rotatable bonds is 9. The van der Waals surface area contributed by atoms with E-state index in [4.69, 9.17) is 0 Å². The first-order chi connectivity index (χ1) is 9.49. The molecule has 0 unspecified atom stereocenters. The van der Waals surface area contributed by atoms with Crippen LogP contribution in [0.25, 0.3) is 0 Å². The number of nitrogens with zero attached hydrogens (tertiary/aromatic N) is 1. The molecule has 0 amide bonds. The van der Waals surface area contributed by atoms with Crippen LogP contribution < -0.4 is 5.32 Å². The predicted molar refractivity (Wildman–Crippen MR) is 83.2 cm³/mol. The molecule has 2 fully saturated rings. The van der Waals surface area contributed by atoms with Crippen LogP contribution >= 0.6 is 0 Å². The molecule has 0 aromatic heterocycles. The average molecular weight is 302 g/mol. The summed E-state index contributed by atoms with van der Waals surface area (Å²) in [6, 6.07) is 0.848. The lowest BCUT2D eigenvalue weighted by molar-refractivity contribution is 0.304. The minimum atomic E-state index is -3.10. The molecular formula is C15H30N2O2S. The summed E-state index contributed by atoms with van der Waals surface area (Å²) in [6.07, 6.45) is 7.84. The first-order valence-corrected chi connectivity index (χ1v) is 9.83. The molecule has 2 saturated carbocycles. The van der Waals surface area contributed by atoms with Gasteiger partial charge in [0, 0.05) is 25.2 Å². The molecule has 1 N–H and O–H groups in total. The molecule has 0 aliphatic heterocycles. The molecule has 0 radical (unpaired) electrons. The smallest absolute Gasteiger partial charge is 0.215 e. The van der Waals surface area contributed by atoms with Gasteiger partial charge in [-0.05, 0) is 38.0 Å². The van der Waals surface area contributed by atoms with Gasteiger partial charge in [0.15, 0.2) is 0 Å². The first kappa shape index (κ1) is 16.2. The van der Waals surface area contributed by atoms with Crippen molar-refractivity contribution in [3.05, 3.63) is 0 Å². The zero-order chi connectivity index (χ0) is 14.6. The quantitative estimate of drug-likeness (QED) is 0.711. The Hall–Kier alpha value is -0.130. The van der Waals surface area contributed by atoms with Gasteiger partial charge >= 0.3 is 0 Å². The van der Waals surface area contributed by atoms with Crippen LogP contribution in [-0.4, -0.2) is 43.6 Å². The molecular weight excluding hydrogens is 272 g/mol. The summed E-state index contributed by atoms with van der Waals surface area (Å²) in [5.41, 5.74) is 0. The van der Waals surface area contributed by atoms with Gasteiger partial charge in [0.05, 0.1) is 5.75 Å². The van der Waals surface area contributed by atoms with Crippen LogP contribution in [0.2, 0.25) is 0 Å². The third kappa shape index (κ3) is 5.01. The SMILES string of the molecule is CC(C)CCN(C1CCCC1)S(=O)(=O)CCNC1CC1. The van der Waals surface area contributed by atoms with Crippen molar-refractivity contribution in [2.45, 2.75) is 70.9 Å². The van der Waals surface area contributed by atoms with E-state index in [9.17, 15) is 8.42 Å². The van der Waals surface area contributed by atoms with Gasteiger partial charge in [-0.3, -0.25) is 0 Å². The third-order valence-corrected chi connectivity index (χ3v) is 6.30. The zero-order valence-electron chi connectivity index (χ0n) is 13.0. The minimum Gasteiger partial charge on any atom is -0.313 e. The van der Waals surface area contributed by atoms with E-state index in [0.717, 1.165) is 19.3 Å². The monoisotopic (exact) mass is 302 g/mol. The van der Waals surface area contributed by atoms with Crippen molar-refractivity contribution in [2.75, 3.05) is 18.8 Å². The van der Waals surface area contributed by atoms with Crippen LogP contribution in [0, 0.1) is 5.92 Å². The second kappa shape index (κ2) is 7.23. The average Bonchev–Trinajstić information content (AvgIpc) is 3.02. The topological polar surface area (TPSA) is 49.4 Å². The van der Waals surface area contributed by atoms with Crippen LogP contribution in [-0.2, 0) is 10.0 Å². The van der Waals surface area contributed by atoms with E-state index in [0.29, 0.717) is 25.0 Å². The van der Waals surface area contributed by atoms with E-state index in [1.54, 1.807) is 0 Å². The fourth-order valence-corrected chi connectivity index (χ4v) is 4.58. The Kier molecular flexibility index (Phi) is 5.87. The normalized spacial score (nSPS) is 21.2. The Labute approximate surface area is 124 Å². The molecule has 118 valence electrons. The zero-order valence-corrected chi connectivity index (χ0v) is 13.8. The highest BCUT2D eigenvalue weighted by molar-refractivity contribution is 7.89. The molecule has 0 atom stereocenters. The highest BCUT2D eigenvalue weighted by atomic mass is 32.2. The molecule has 0 aromatic carbocycles. The van der Waals surface area contributed by atoms with Crippen molar-refractivity contribution in [3.63, 3.8) is 0 Å². The Balaban J connectivity index is 1.90. The molecule has 5 heteroatoms. The van der Waals surface area contributed by atoms with Crippen LogP contribution in [0.4, 0.5) is 0 Å². The number of hydrogen-bond acceptors (Lipinski definition) is 3. The van der Waals surface area contributed by atoms with Gasteiger partial charge in [-0.15, -0.1) is 0 Å². The summed E-state index contributed by atoms with van der Waals surface area (Å²) in [6.45, 7) is 5.63. The molecule has 20 heavy (non-hydrogen) atoms. The molecule has 0 heterocycles. The van der Waals surface area contributed by atoms with E-state index in [2.05, 4.69) is 19.2 Å². The highest BCUT2D eigenvalue weighted by Gasteiger charge is 2.32. The minimum absolute atomic E-state index is 0.262. The number of sulfonamides is 1. The first-order valence-electron chi connectivity index (χ1n) is 8.22. The number of nitrogens with one attached hydrogen (secondary N) is 1. The Bertz CT molecular complexity index is 385. The molecule has 0 aromatic rings. The lowest BCUT2D eigenvalue weighted by Crippen LogP contribution is -2.43. The summed E-state index contributed by atoms with van der Waals surface area (Å²) in [7, 11) is -3.10. The van der Waals surface area contributed by atoms with Crippen molar-refractivity contribution < 1.29 is 8.42 Å². The fourth-order valence-electron chi connectivity index (χ4n) is 2.92. The summed E-state index contributed by atoms with van der Waals surface area (Å²) in [4.78, 5) is 0. The van der Waals surface area contributed by atoms with Crippen molar-refractivity contribution in [2.24, 2.45) is 5.92 Å². The van der Waals surface area contributed by atoms with Crippen molar-refractivity contribution >= 4 is 10.0 Å². The van der Waals surface area contributed by atoms with Gasteiger partial charge in [-0.2, -0.15) is 4.31 Å². The highest BCUT2D eigenvalue weighted by Crippen LogP contribution is 2.26. The maximum absolute atomic E-state index is 12.6. The van der Waals surface area contributed by atoms with Crippen LogP contribution in [0.5, 0.6) is 0 Å². The lowest BCUT2D eigenvalue weighted by atomic mass is 10.1. The summed E-state index contributed by atoms with van der Waals surface area (Å²) < 4.78 is 27.1. The molecule has 0 saturated heterocycles. The van der Waals surface area contributed by atoms with Gasteiger partial charge in [0.2, 0.25) is 10.0 Å². The van der Waals surface area contributed by atoms with Crippen LogP contribution in [0.1, 0.15) is 58.8 Å². The van der Waals surface area contributed by atoms with E-state index < -0.39 is 10.0 Å². The van der Waals surface area contributed by atoms with Crippen molar-refractivity contribution in [3.8, 4) is 0 Å². The summed E-state index contributed by atoms with van der Waals surface area (Å²) >= 11 is 0. The predicted octanol–water partition coefficient (Wildman–Crippen LogP) is 2.36. The van der Waals surface area contributed by atoms with Crippen LogP contribution in [0.15, 0.2) is 0 Å². The van der Waals surface area contributed by atoms with Gasteiger partial charge in [0.25, 0.3) is 0 Å². The van der Waals surface area contributed by atoms with E-state index in [1.165, 1.54) is 25.7 Å². The molecule has 2 aliphatic rings. The second-order valence-corrected chi connectivity index (χ2v) is 8.82. The summed E-state index contributed by atoms with van der Waals surface area (Å²) in [5, 5.41) is 3.32. The maximum atomic E-state index is 12.6. The standard InChI is InChI=1S/C15H30N2O2S/c1-13(2)9-11-17(15-5-3-4-6-15)20(18,19)12-10-16-14-7-8-14/h13-16H,3-12H2,1-2H3. The lowest BCUT2D eigenvalue weighted by Gasteiger charge is -2.28. The fraction of sp³-hybridized carbons (Fsp3) is 1.00. The molecule has 4 nitrogen and oxygen atoms in total. The maximum Gasteiger partial charge on any atom is 0.215 e. The van der Waals surface area contributed by atoms with E-state index >= 15 is 0 Å². The molecule has 2 aliphatic carbocycles.